The van der Waals surface area contributed by atoms with E-state index in [1.807, 2.05) is 11.3 Å². The van der Waals surface area contributed by atoms with Gasteiger partial charge in [0, 0.05) is 9.75 Å². The highest BCUT2D eigenvalue weighted by Crippen LogP contribution is 2.34. The quantitative estimate of drug-likeness (QED) is 0.660. The normalized spacial score (nSPS) is 14.3. The van der Waals surface area contributed by atoms with E-state index in [4.69, 9.17) is 0 Å². The van der Waals surface area contributed by atoms with Crippen molar-refractivity contribution in [1.29, 1.82) is 0 Å². The van der Waals surface area contributed by atoms with Gasteiger partial charge >= 0.3 is 0 Å². The molecule has 1 aromatic heterocycles. The summed E-state index contributed by atoms with van der Waals surface area (Å²) < 4.78 is 0. The maximum Gasteiger partial charge on any atom is 0.0349 e. The summed E-state index contributed by atoms with van der Waals surface area (Å²) in [6.07, 6.45) is 11.7. The van der Waals surface area contributed by atoms with Crippen LogP contribution >= 0.6 is 11.3 Å². The van der Waals surface area contributed by atoms with E-state index in [0.29, 0.717) is 0 Å². The van der Waals surface area contributed by atoms with E-state index in [0.717, 1.165) is 6.42 Å². The van der Waals surface area contributed by atoms with Crippen molar-refractivity contribution in [3.63, 3.8) is 0 Å². The van der Waals surface area contributed by atoms with Gasteiger partial charge in [-0.05, 0) is 36.6 Å². The van der Waals surface area contributed by atoms with Crippen molar-refractivity contribution < 1.29 is 0 Å². The van der Waals surface area contributed by atoms with Crippen LogP contribution in [0.4, 0.5) is 0 Å². The second kappa shape index (κ2) is 5.41. The molecule has 0 saturated carbocycles. The Morgan fingerprint density at radius 1 is 0.947 bits per heavy atom. The van der Waals surface area contributed by atoms with E-state index in [2.05, 4.69) is 73.7 Å². The molecule has 0 atom stereocenters. The van der Waals surface area contributed by atoms with Crippen molar-refractivity contribution in [3.05, 3.63) is 77.2 Å². The van der Waals surface area contributed by atoms with Crippen LogP contribution in [0.5, 0.6) is 0 Å². The molecule has 0 bridgehead atoms. The molecule has 0 saturated heterocycles. The van der Waals surface area contributed by atoms with Crippen molar-refractivity contribution in [2.45, 2.75) is 13.3 Å². The van der Waals surface area contributed by atoms with E-state index in [-0.39, 0.29) is 0 Å². The van der Waals surface area contributed by atoms with Crippen LogP contribution in [0, 0.1) is 6.92 Å². The van der Waals surface area contributed by atoms with Crippen LogP contribution in [0.1, 0.15) is 16.9 Å². The van der Waals surface area contributed by atoms with Gasteiger partial charge in [-0.1, -0.05) is 60.2 Å². The SMILES string of the molecule is Cc1cccc(-c2ccc(C3=CC=CC=CC3)s2)c1. The molecular formula is C18H16S. The van der Waals surface area contributed by atoms with Crippen LogP contribution in [0.3, 0.4) is 0 Å². The number of thiophene rings is 1. The van der Waals surface area contributed by atoms with E-state index in [1.165, 1.54) is 26.5 Å². The predicted molar refractivity (Wildman–Crippen MR) is 85.4 cm³/mol. The van der Waals surface area contributed by atoms with E-state index in [1.54, 1.807) is 0 Å². The maximum absolute atomic E-state index is 2.25. The summed E-state index contributed by atoms with van der Waals surface area (Å²) in [7, 11) is 0. The highest BCUT2D eigenvalue weighted by Gasteiger charge is 2.06. The van der Waals surface area contributed by atoms with Crippen LogP contribution in [0.15, 0.2) is 66.8 Å². The minimum Gasteiger partial charge on any atom is -0.136 e. The van der Waals surface area contributed by atoms with Crippen LogP contribution in [0.2, 0.25) is 0 Å². The molecule has 0 amide bonds. The molecule has 0 nitrogen and oxygen atoms in total. The second-order valence-electron chi connectivity index (χ2n) is 4.74. The van der Waals surface area contributed by atoms with Gasteiger partial charge in [-0.3, -0.25) is 0 Å². The number of benzene rings is 1. The van der Waals surface area contributed by atoms with E-state index < -0.39 is 0 Å². The van der Waals surface area contributed by atoms with Crippen LogP contribution in [-0.4, -0.2) is 0 Å². The first-order valence-corrected chi connectivity index (χ1v) is 7.34. The topological polar surface area (TPSA) is 0 Å². The summed E-state index contributed by atoms with van der Waals surface area (Å²) >= 11 is 1.87. The highest BCUT2D eigenvalue weighted by molar-refractivity contribution is 7.16. The first kappa shape index (κ1) is 12.2. The van der Waals surface area contributed by atoms with Gasteiger partial charge < -0.3 is 0 Å². The van der Waals surface area contributed by atoms with E-state index >= 15 is 0 Å². The molecule has 0 spiro atoms. The molecule has 0 radical (unpaired) electrons. The Kier molecular flexibility index (Phi) is 3.47. The minimum absolute atomic E-state index is 1.01. The molecule has 0 aliphatic heterocycles. The second-order valence-corrected chi connectivity index (χ2v) is 5.83. The molecule has 2 aromatic rings. The number of hydrogen-bond acceptors (Lipinski definition) is 1. The Labute approximate surface area is 118 Å². The third-order valence-corrected chi connectivity index (χ3v) is 4.43. The average Bonchev–Trinajstić information content (AvgIpc) is 2.75. The van der Waals surface area contributed by atoms with Crippen LogP contribution < -0.4 is 0 Å². The smallest absolute Gasteiger partial charge is 0.0349 e. The zero-order valence-electron chi connectivity index (χ0n) is 11.0. The van der Waals surface area contributed by atoms with Crippen molar-refractivity contribution >= 4 is 16.9 Å². The van der Waals surface area contributed by atoms with Gasteiger partial charge in [0.1, 0.15) is 0 Å². The number of allylic oxidation sites excluding steroid dienone is 6. The largest absolute Gasteiger partial charge is 0.136 e. The molecule has 1 heteroatoms. The third-order valence-electron chi connectivity index (χ3n) is 3.22. The van der Waals surface area contributed by atoms with Crippen LogP contribution in [0.25, 0.3) is 16.0 Å². The highest BCUT2D eigenvalue weighted by atomic mass is 32.1. The summed E-state index contributed by atoms with van der Waals surface area (Å²) in [5, 5.41) is 0. The Bertz CT molecular complexity index is 669. The first-order valence-electron chi connectivity index (χ1n) is 6.52. The Balaban J connectivity index is 1.93. The molecule has 1 aliphatic rings. The number of rotatable bonds is 2. The van der Waals surface area contributed by atoms with Gasteiger partial charge in [0.05, 0.1) is 0 Å². The maximum atomic E-state index is 2.25. The van der Waals surface area contributed by atoms with Gasteiger partial charge in [0.2, 0.25) is 0 Å². The average molecular weight is 264 g/mol. The van der Waals surface area contributed by atoms with Crippen molar-refractivity contribution in [1.82, 2.24) is 0 Å². The monoisotopic (exact) mass is 264 g/mol. The van der Waals surface area contributed by atoms with Gasteiger partial charge in [-0.2, -0.15) is 0 Å². The van der Waals surface area contributed by atoms with Crippen LogP contribution in [-0.2, 0) is 0 Å². The lowest BCUT2D eigenvalue weighted by molar-refractivity contribution is 1.43. The lowest BCUT2D eigenvalue weighted by atomic mass is 10.1. The minimum atomic E-state index is 1.01. The fourth-order valence-electron chi connectivity index (χ4n) is 2.22. The fraction of sp³-hybridized carbons (Fsp3) is 0.111. The summed E-state index contributed by atoms with van der Waals surface area (Å²) in [4.78, 5) is 2.71. The molecule has 0 fully saturated rings. The summed E-state index contributed by atoms with van der Waals surface area (Å²) in [5.41, 5.74) is 4.03. The molecule has 19 heavy (non-hydrogen) atoms. The van der Waals surface area contributed by atoms with Gasteiger partial charge in [-0.25, -0.2) is 0 Å². The molecule has 3 rings (SSSR count). The zero-order valence-corrected chi connectivity index (χ0v) is 11.8. The zero-order chi connectivity index (χ0) is 13.1. The molecule has 1 heterocycles. The van der Waals surface area contributed by atoms with Gasteiger partial charge in [-0.15, -0.1) is 11.3 Å². The molecule has 94 valence electrons. The Morgan fingerprint density at radius 3 is 2.74 bits per heavy atom. The lowest BCUT2D eigenvalue weighted by Crippen LogP contribution is -1.75. The van der Waals surface area contributed by atoms with Gasteiger partial charge in [0.15, 0.2) is 0 Å². The van der Waals surface area contributed by atoms with Gasteiger partial charge in [0.25, 0.3) is 0 Å². The van der Waals surface area contributed by atoms with Crippen molar-refractivity contribution in [3.8, 4) is 10.4 Å². The summed E-state index contributed by atoms with van der Waals surface area (Å²) in [6.45, 7) is 2.14. The number of aryl methyl sites for hydroxylation is 1. The standard InChI is InChI=1S/C18H16S/c1-14-7-6-10-16(13-14)18-12-11-17(19-18)15-8-4-2-3-5-9-15/h2-8,10-13H,9H2,1H3. The van der Waals surface area contributed by atoms with Crippen molar-refractivity contribution in [2.75, 3.05) is 0 Å². The first-order chi connectivity index (χ1) is 9.33. The molecule has 1 aromatic carbocycles. The predicted octanol–water partition coefficient (Wildman–Crippen LogP) is 5.62. The molecule has 0 unspecified atom stereocenters. The Morgan fingerprint density at radius 2 is 1.84 bits per heavy atom. The Hall–Kier alpha value is -1.86. The molecule has 0 N–H and O–H groups in total. The summed E-state index contributed by atoms with van der Waals surface area (Å²) in [6, 6.07) is 13.2. The molecule has 1 aliphatic carbocycles. The fourth-order valence-corrected chi connectivity index (χ4v) is 3.26. The third kappa shape index (κ3) is 2.77. The molecular weight excluding hydrogens is 248 g/mol. The number of hydrogen-bond donors (Lipinski definition) is 0. The van der Waals surface area contributed by atoms with E-state index in [9.17, 15) is 0 Å². The lowest BCUT2D eigenvalue weighted by Gasteiger charge is -2.00. The van der Waals surface area contributed by atoms with Crippen molar-refractivity contribution in [2.24, 2.45) is 0 Å². The summed E-state index contributed by atoms with van der Waals surface area (Å²) in [5.74, 6) is 0.